The fraction of sp³-hybridized carbons (Fsp3) is 0.278. The minimum atomic E-state index is -0.505. The molecule has 4 heteroatoms. The highest BCUT2D eigenvalue weighted by Gasteiger charge is 2.36. The zero-order valence-corrected chi connectivity index (χ0v) is 12.3. The molecular weight excluding hydrogens is 278 g/mol. The number of aliphatic hydroxyl groups excluding tert-OH is 1. The number of hydrogen-bond acceptors (Lipinski definition) is 3. The number of nitrogens with zero attached hydrogens (tertiary/aromatic N) is 1. The van der Waals surface area contributed by atoms with Gasteiger partial charge < -0.3 is 9.84 Å². The van der Waals surface area contributed by atoms with E-state index in [1.54, 1.807) is 4.90 Å². The van der Waals surface area contributed by atoms with Crippen molar-refractivity contribution in [1.82, 2.24) is 4.90 Å². The van der Waals surface area contributed by atoms with Gasteiger partial charge in [-0.25, -0.2) is 4.79 Å². The van der Waals surface area contributed by atoms with E-state index in [1.165, 1.54) is 0 Å². The third kappa shape index (κ3) is 3.28. The van der Waals surface area contributed by atoms with Gasteiger partial charge in [0.25, 0.3) is 0 Å². The molecule has 1 heterocycles. The minimum Gasteiger partial charge on any atom is -0.445 e. The maximum atomic E-state index is 12.3. The molecule has 22 heavy (non-hydrogen) atoms. The van der Waals surface area contributed by atoms with Crippen LogP contribution in [0.3, 0.4) is 0 Å². The van der Waals surface area contributed by atoms with Crippen molar-refractivity contribution in [3.8, 4) is 0 Å². The number of carbonyl (C=O) groups is 1. The Bertz CT molecular complexity index is 615. The first-order chi connectivity index (χ1) is 10.7. The molecule has 1 N–H and O–H groups in total. The lowest BCUT2D eigenvalue weighted by molar-refractivity contribution is 0.0876. The first kappa shape index (κ1) is 14.6. The van der Waals surface area contributed by atoms with Crippen LogP contribution in [0.25, 0.3) is 0 Å². The van der Waals surface area contributed by atoms with Crippen LogP contribution in [0.2, 0.25) is 0 Å². The second-order valence-corrected chi connectivity index (χ2v) is 5.51. The van der Waals surface area contributed by atoms with Gasteiger partial charge in [0, 0.05) is 0 Å². The van der Waals surface area contributed by atoms with Crippen molar-refractivity contribution in [2.75, 3.05) is 6.54 Å². The zero-order valence-electron chi connectivity index (χ0n) is 12.3. The van der Waals surface area contributed by atoms with Gasteiger partial charge in [-0.3, -0.25) is 4.90 Å². The first-order valence-electron chi connectivity index (χ1n) is 7.44. The van der Waals surface area contributed by atoms with E-state index < -0.39 is 6.10 Å². The number of amides is 1. The largest absolute Gasteiger partial charge is 0.445 e. The lowest BCUT2D eigenvalue weighted by atomic mass is 10.0. The van der Waals surface area contributed by atoms with E-state index in [1.807, 2.05) is 60.7 Å². The van der Waals surface area contributed by atoms with Crippen LogP contribution in [0.4, 0.5) is 4.79 Å². The van der Waals surface area contributed by atoms with Crippen molar-refractivity contribution in [3.63, 3.8) is 0 Å². The monoisotopic (exact) mass is 297 g/mol. The molecule has 0 aliphatic carbocycles. The second kappa shape index (κ2) is 6.62. The number of carbonyl (C=O) groups excluding carboxylic acids is 1. The van der Waals surface area contributed by atoms with Crippen LogP contribution in [0.1, 0.15) is 23.6 Å². The molecule has 1 fully saturated rings. The normalized spacial score (nSPS) is 20.9. The summed E-state index contributed by atoms with van der Waals surface area (Å²) in [7, 11) is 0. The van der Waals surface area contributed by atoms with Crippen LogP contribution >= 0.6 is 0 Å². The van der Waals surface area contributed by atoms with Crippen molar-refractivity contribution < 1.29 is 14.6 Å². The molecule has 2 atom stereocenters. The van der Waals surface area contributed by atoms with Crippen molar-refractivity contribution >= 4 is 6.09 Å². The van der Waals surface area contributed by atoms with E-state index in [0.717, 1.165) is 11.1 Å². The van der Waals surface area contributed by atoms with Gasteiger partial charge in [0.15, 0.2) is 0 Å². The SMILES string of the molecule is O=C(OCc1ccccc1)N1CC(O)CC1c1ccccc1. The Morgan fingerprint density at radius 3 is 2.41 bits per heavy atom. The van der Waals surface area contributed by atoms with Gasteiger partial charge in [-0.05, 0) is 17.5 Å². The number of rotatable bonds is 3. The van der Waals surface area contributed by atoms with Gasteiger partial charge in [-0.1, -0.05) is 60.7 Å². The summed E-state index contributed by atoms with van der Waals surface area (Å²) in [5.41, 5.74) is 1.97. The van der Waals surface area contributed by atoms with Gasteiger partial charge >= 0.3 is 6.09 Å². The molecular formula is C18H19NO3. The van der Waals surface area contributed by atoms with Crippen LogP contribution in [0.15, 0.2) is 60.7 Å². The molecule has 0 aromatic heterocycles. The van der Waals surface area contributed by atoms with Crippen LogP contribution < -0.4 is 0 Å². The van der Waals surface area contributed by atoms with Crippen LogP contribution in [-0.4, -0.2) is 28.7 Å². The Balaban J connectivity index is 1.67. The van der Waals surface area contributed by atoms with E-state index in [0.29, 0.717) is 13.0 Å². The molecule has 1 aliphatic rings. The van der Waals surface area contributed by atoms with Crippen LogP contribution in [0, 0.1) is 0 Å². The van der Waals surface area contributed by atoms with Gasteiger partial charge in [-0.2, -0.15) is 0 Å². The summed E-state index contributed by atoms with van der Waals surface area (Å²) in [4.78, 5) is 14.0. The Hall–Kier alpha value is -2.33. The predicted octanol–water partition coefficient (Wildman–Crippen LogP) is 3.13. The third-order valence-corrected chi connectivity index (χ3v) is 3.90. The van der Waals surface area contributed by atoms with E-state index >= 15 is 0 Å². The maximum absolute atomic E-state index is 12.3. The molecule has 0 bridgehead atoms. The fourth-order valence-corrected chi connectivity index (χ4v) is 2.81. The van der Waals surface area contributed by atoms with Crippen LogP contribution in [0.5, 0.6) is 0 Å². The molecule has 1 saturated heterocycles. The molecule has 2 aromatic rings. The number of hydrogen-bond donors (Lipinski definition) is 1. The molecule has 1 aliphatic heterocycles. The molecule has 1 amide bonds. The molecule has 2 aromatic carbocycles. The number of β-amino-alcohol motifs (C(OH)–C–C–N with tert-alkyl or cyclic N) is 1. The third-order valence-electron chi connectivity index (χ3n) is 3.90. The Morgan fingerprint density at radius 2 is 1.73 bits per heavy atom. The summed E-state index contributed by atoms with van der Waals surface area (Å²) in [6.45, 7) is 0.557. The molecule has 0 spiro atoms. The number of aliphatic hydroxyl groups is 1. The second-order valence-electron chi connectivity index (χ2n) is 5.51. The van der Waals surface area contributed by atoms with Crippen molar-refractivity contribution in [2.24, 2.45) is 0 Å². The summed E-state index contributed by atoms with van der Waals surface area (Å²) < 4.78 is 5.39. The van der Waals surface area contributed by atoms with E-state index in [2.05, 4.69) is 0 Å². The van der Waals surface area contributed by atoms with E-state index in [-0.39, 0.29) is 18.7 Å². The highest BCUT2D eigenvalue weighted by Crippen LogP contribution is 2.32. The highest BCUT2D eigenvalue weighted by atomic mass is 16.6. The lowest BCUT2D eigenvalue weighted by Gasteiger charge is -2.24. The smallest absolute Gasteiger partial charge is 0.410 e. The summed E-state index contributed by atoms with van der Waals surface area (Å²) in [6.07, 6.45) is -0.339. The summed E-state index contributed by atoms with van der Waals surface area (Å²) in [5.74, 6) is 0. The predicted molar refractivity (Wildman–Crippen MR) is 83.1 cm³/mol. The number of ether oxygens (including phenoxy) is 1. The first-order valence-corrected chi connectivity index (χ1v) is 7.44. The maximum Gasteiger partial charge on any atom is 0.410 e. The van der Waals surface area contributed by atoms with Crippen molar-refractivity contribution in [1.29, 1.82) is 0 Å². The highest BCUT2D eigenvalue weighted by molar-refractivity contribution is 5.69. The zero-order chi connectivity index (χ0) is 15.4. The average Bonchev–Trinajstić information content (AvgIpc) is 2.96. The van der Waals surface area contributed by atoms with Gasteiger partial charge in [0.05, 0.1) is 18.7 Å². The lowest BCUT2D eigenvalue weighted by Crippen LogP contribution is -2.32. The molecule has 2 unspecified atom stereocenters. The Morgan fingerprint density at radius 1 is 1.09 bits per heavy atom. The topological polar surface area (TPSA) is 49.8 Å². The van der Waals surface area contributed by atoms with Gasteiger partial charge in [0.2, 0.25) is 0 Å². The molecule has 4 nitrogen and oxygen atoms in total. The van der Waals surface area contributed by atoms with Gasteiger partial charge in [-0.15, -0.1) is 0 Å². The molecule has 114 valence electrons. The van der Waals surface area contributed by atoms with Crippen molar-refractivity contribution in [2.45, 2.75) is 25.2 Å². The number of benzene rings is 2. The standard InChI is InChI=1S/C18H19NO3/c20-16-11-17(15-9-5-2-6-10-15)19(12-16)18(21)22-13-14-7-3-1-4-8-14/h1-10,16-17,20H,11-13H2. The van der Waals surface area contributed by atoms with E-state index in [4.69, 9.17) is 4.74 Å². The summed E-state index contributed by atoms with van der Waals surface area (Å²) >= 11 is 0. The summed E-state index contributed by atoms with van der Waals surface area (Å²) in [5, 5.41) is 9.92. The molecule has 0 radical (unpaired) electrons. The van der Waals surface area contributed by atoms with E-state index in [9.17, 15) is 9.90 Å². The Kier molecular flexibility index (Phi) is 4.39. The molecule has 0 saturated carbocycles. The number of likely N-dealkylation sites (tertiary alicyclic amines) is 1. The fourth-order valence-electron chi connectivity index (χ4n) is 2.81. The van der Waals surface area contributed by atoms with Gasteiger partial charge in [0.1, 0.15) is 6.61 Å². The summed E-state index contributed by atoms with van der Waals surface area (Å²) in [6, 6.07) is 19.2. The average molecular weight is 297 g/mol. The quantitative estimate of drug-likeness (QED) is 0.947. The minimum absolute atomic E-state index is 0.125. The molecule has 3 rings (SSSR count). The van der Waals surface area contributed by atoms with Crippen LogP contribution in [-0.2, 0) is 11.3 Å². The Labute approximate surface area is 130 Å². The van der Waals surface area contributed by atoms with Crippen molar-refractivity contribution in [3.05, 3.63) is 71.8 Å².